The summed E-state index contributed by atoms with van der Waals surface area (Å²) in [6.07, 6.45) is 12.0. The monoisotopic (exact) mass is 236 g/mol. The molecule has 1 fully saturated rings. The fourth-order valence-electron chi connectivity index (χ4n) is 2.62. The van der Waals surface area contributed by atoms with Crippen LogP contribution in [0.3, 0.4) is 0 Å². The van der Waals surface area contributed by atoms with E-state index in [2.05, 4.69) is 28.1 Å². The van der Waals surface area contributed by atoms with E-state index in [-0.39, 0.29) is 6.04 Å². The van der Waals surface area contributed by atoms with Gasteiger partial charge in [0.2, 0.25) is 0 Å². The molecule has 0 spiro atoms. The third-order valence-electron chi connectivity index (χ3n) is 3.71. The molecule has 0 saturated heterocycles. The van der Waals surface area contributed by atoms with Crippen LogP contribution in [0.1, 0.15) is 76.1 Å². The molecule has 2 rings (SSSR count). The molecule has 1 atom stereocenters. The molecule has 4 nitrogen and oxygen atoms in total. The second-order valence-electron chi connectivity index (χ2n) is 5.16. The summed E-state index contributed by atoms with van der Waals surface area (Å²) < 4.78 is 2.05. The smallest absolute Gasteiger partial charge is 0.0994 e. The van der Waals surface area contributed by atoms with E-state index in [1.54, 1.807) is 0 Å². The number of hydrogen-bond donors (Lipinski definition) is 1. The Morgan fingerprint density at radius 2 is 2.06 bits per heavy atom. The molecule has 0 radical (unpaired) electrons. The maximum Gasteiger partial charge on any atom is 0.0994 e. The maximum absolute atomic E-state index is 6.06. The first-order valence-electron chi connectivity index (χ1n) is 6.98. The molecule has 2 N–H and O–H groups in total. The zero-order chi connectivity index (χ0) is 12.1. The molecule has 96 valence electrons. The Morgan fingerprint density at radius 3 is 2.71 bits per heavy atom. The van der Waals surface area contributed by atoms with E-state index >= 15 is 0 Å². The Bertz CT molecular complexity index is 326. The summed E-state index contributed by atoms with van der Waals surface area (Å²) in [4.78, 5) is 0. The van der Waals surface area contributed by atoms with Crippen molar-refractivity contribution in [3.05, 3.63) is 11.9 Å². The molecular weight excluding hydrogens is 212 g/mol. The van der Waals surface area contributed by atoms with E-state index in [0.29, 0.717) is 6.04 Å². The van der Waals surface area contributed by atoms with Gasteiger partial charge in [0, 0.05) is 0 Å². The summed E-state index contributed by atoms with van der Waals surface area (Å²) in [6, 6.07) is 0.604. The predicted molar refractivity (Wildman–Crippen MR) is 68.6 cm³/mol. The Balaban J connectivity index is 2.01. The van der Waals surface area contributed by atoms with Crippen LogP contribution in [0.2, 0.25) is 0 Å². The molecule has 1 aromatic rings. The lowest BCUT2D eigenvalue weighted by atomic mass is 10.1. The first-order valence-corrected chi connectivity index (χ1v) is 6.98. The van der Waals surface area contributed by atoms with Crippen LogP contribution < -0.4 is 5.73 Å². The third kappa shape index (κ3) is 3.28. The topological polar surface area (TPSA) is 56.7 Å². The van der Waals surface area contributed by atoms with E-state index in [0.717, 1.165) is 18.5 Å². The molecule has 1 aliphatic carbocycles. The number of aromatic nitrogens is 3. The average molecular weight is 236 g/mol. The highest BCUT2D eigenvalue weighted by Crippen LogP contribution is 2.27. The van der Waals surface area contributed by atoms with E-state index in [4.69, 9.17) is 5.73 Å². The SMILES string of the molecule is CCCC(N)c1cn(C2CCCCCC2)nn1. The molecule has 0 bridgehead atoms. The fourth-order valence-corrected chi connectivity index (χ4v) is 2.62. The van der Waals surface area contributed by atoms with Gasteiger partial charge < -0.3 is 5.73 Å². The van der Waals surface area contributed by atoms with Crippen LogP contribution >= 0.6 is 0 Å². The number of rotatable bonds is 4. The zero-order valence-electron chi connectivity index (χ0n) is 10.8. The number of nitrogens with zero attached hydrogens (tertiary/aromatic N) is 3. The summed E-state index contributed by atoms with van der Waals surface area (Å²) in [5.74, 6) is 0. The summed E-state index contributed by atoms with van der Waals surface area (Å²) in [7, 11) is 0. The molecule has 1 heterocycles. The molecule has 4 heteroatoms. The standard InChI is InChI=1S/C13H24N4/c1-2-7-12(14)13-10-17(16-15-13)11-8-5-3-4-6-9-11/h10-12H,2-9,14H2,1H3. The van der Waals surface area contributed by atoms with Crippen LogP contribution in [0.15, 0.2) is 6.20 Å². The third-order valence-corrected chi connectivity index (χ3v) is 3.71. The molecule has 1 saturated carbocycles. The minimum absolute atomic E-state index is 0.0551. The minimum Gasteiger partial charge on any atom is -0.323 e. The van der Waals surface area contributed by atoms with Crippen molar-refractivity contribution in [2.24, 2.45) is 5.73 Å². The second kappa shape index (κ2) is 6.15. The van der Waals surface area contributed by atoms with Crippen molar-refractivity contribution in [2.45, 2.75) is 70.4 Å². The van der Waals surface area contributed by atoms with Crippen molar-refractivity contribution in [3.63, 3.8) is 0 Å². The van der Waals surface area contributed by atoms with Crippen molar-refractivity contribution in [2.75, 3.05) is 0 Å². The highest BCUT2D eigenvalue weighted by Gasteiger charge is 2.17. The minimum atomic E-state index is 0.0551. The number of nitrogens with two attached hydrogens (primary N) is 1. The lowest BCUT2D eigenvalue weighted by molar-refractivity contribution is 0.396. The van der Waals surface area contributed by atoms with Crippen molar-refractivity contribution in [1.82, 2.24) is 15.0 Å². The van der Waals surface area contributed by atoms with Crippen LogP contribution in [-0.2, 0) is 0 Å². The largest absolute Gasteiger partial charge is 0.323 e. The van der Waals surface area contributed by atoms with Crippen molar-refractivity contribution < 1.29 is 0 Å². The molecule has 17 heavy (non-hydrogen) atoms. The maximum atomic E-state index is 6.06. The summed E-state index contributed by atoms with van der Waals surface area (Å²) in [6.45, 7) is 2.15. The van der Waals surface area contributed by atoms with Crippen molar-refractivity contribution in [3.8, 4) is 0 Å². The van der Waals surface area contributed by atoms with E-state index in [9.17, 15) is 0 Å². The second-order valence-corrected chi connectivity index (χ2v) is 5.16. The van der Waals surface area contributed by atoms with Gasteiger partial charge in [-0.2, -0.15) is 0 Å². The first-order chi connectivity index (χ1) is 8.31. The Morgan fingerprint density at radius 1 is 1.35 bits per heavy atom. The molecular formula is C13H24N4. The Hall–Kier alpha value is -0.900. The zero-order valence-corrected chi connectivity index (χ0v) is 10.8. The normalized spacial score (nSPS) is 20.1. The van der Waals surface area contributed by atoms with Crippen molar-refractivity contribution >= 4 is 0 Å². The van der Waals surface area contributed by atoms with Gasteiger partial charge in [0.05, 0.1) is 24.0 Å². The lowest BCUT2D eigenvalue weighted by Gasteiger charge is -2.13. The van der Waals surface area contributed by atoms with Gasteiger partial charge in [-0.25, -0.2) is 4.68 Å². The van der Waals surface area contributed by atoms with Gasteiger partial charge >= 0.3 is 0 Å². The van der Waals surface area contributed by atoms with Crippen LogP contribution in [0, 0.1) is 0 Å². The molecule has 0 aliphatic heterocycles. The fraction of sp³-hybridized carbons (Fsp3) is 0.846. The lowest BCUT2D eigenvalue weighted by Crippen LogP contribution is -2.10. The van der Waals surface area contributed by atoms with Gasteiger partial charge in [-0.3, -0.25) is 0 Å². The highest BCUT2D eigenvalue weighted by molar-refractivity contribution is 5.00. The van der Waals surface area contributed by atoms with E-state index < -0.39 is 0 Å². The van der Waals surface area contributed by atoms with Gasteiger partial charge in [-0.1, -0.05) is 44.2 Å². The highest BCUT2D eigenvalue weighted by atomic mass is 15.4. The Labute approximate surface area is 104 Å². The molecule has 1 unspecified atom stereocenters. The Kier molecular flexibility index (Phi) is 4.54. The predicted octanol–water partition coefficient (Wildman–Crippen LogP) is 2.97. The molecule has 0 amide bonds. The van der Waals surface area contributed by atoms with Crippen LogP contribution in [0.5, 0.6) is 0 Å². The molecule has 1 aliphatic rings. The van der Waals surface area contributed by atoms with Crippen molar-refractivity contribution in [1.29, 1.82) is 0 Å². The summed E-state index contributed by atoms with van der Waals surface area (Å²) in [5, 5.41) is 8.50. The quantitative estimate of drug-likeness (QED) is 0.818. The average Bonchev–Trinajstić information content (AvgIpc) is 2.66. The van der Waals surface area contributed by atoms with Crippen LogP contribution in [0.4, 0.5) is 0 Å². The molecule has 1 aromatic heterocycles. The van der Waals surface area contributed by atoms with Crippen LogP contribution in [0.25, 0.3) is 0 Å². The number of hydrogen-bond acceptors (Lipinski definition) is 3. The van der Waals surface area contributed by atoms with E-state index in [1.165, 1.54) is 38.5 Å². The van der Waals surface area contributed by atoms with Gasteiger partial charge in [-0.15, -0.1) is 5.10 Å². The van der Waals surface area contributed by atoms with Gasteiger partial charge in [0.15, 0.2) is 0 Å². The van der Waals surface area contributed by atoms with Gasteiger partial charge in [0.1, 0.15) is 0 Å². The van der Waals surface area contributed by atoms with Gasteiger partial charge in [-0.05, 0) is 19.3 Å². The van der Waals surface area contributed by atoms with Gasteiger partial charge in [0.25, 0.3) is 0 Å². The first kappa shape index (κ1) is 12.6. The van der Waals surface area contributed by atoms with E-state index in [1.807, 2.05) is 0 Å². The summed E-state index contributed by atoms with van der Waals surface area (Å²) in [5.41, 5.74) is 7.02. The van der Waals surface area contributed by atoms with Crippen LogP contribution in [-0.4, -0.2) is 15.0 Å². The molecule has 0 aromatic carbocycles. The summed E-state index contributed by atoms with van der Waals surface area (Å²) >= 11 is 0.